The Bertz CT molecular complexity index is 909. The van der Waals surface area contributed by atoms with Gasteiger partial charge in [-0.05, 0) is 48.9 Å². The molecule has 138 valence electrons. The zero-order valence-electron chi connectivity index (χ0n) is 15.4. The molecule has 3 rings (SSSR count). The maximum atomic E-state index is 12.7. The second kappa shape index (κ2) is 7.92. The summed E-state index contributed by atoms with van der Waals surface area (Å²) in [6.45, 7) is 3.80. The standard InChI is InChI=1S/C21H21N3O3/c1-15-12-18(6-7-19(15)27-2)21(26)24-10-8-23(9-11-24)20(25)17-5-3-4-16(13-17)14-22/h3-7,12-13H,8-11H2,1-2H3. The molecule has 0 atom stereocenters. The summed E-state index contributed by atoms with van der Waals surface area (Å²) in [6.07, 6.45) is 0. The molecule has 1 saturated heterocycles. The number of carbonyl (C=O) groups is 2. The van der Waals surface area contributed by atoms with Gasteiger partial charge in [0.15, 0.2) is 0 Å². The van der Waals surface area contributed by atoms with E-state index in [0.717, 1.165) is 11.3 Å². The zero-order valence-corrected chi connectivity index (χ0v) is 15.4. The Morgan fingerprint density at radius 2 is 1.56 bits per heavy atom. The number of methoxy groups -OCH3 is 1. The van der Waals surface area contributed by atoms with E-state index in [1.54, 1.807) is 53.3 Å². The molecule has 0 aromatic heterocycles. The lowest BCUT2D eigenvalue weighted by Crippen LogP contribution is -2.50. The van der Waals surface area contributed by atoms with Crippen molar-refractivity contribution >= 4 is 11.8 Å². The van der Waals surface area contributed by atoms with Crippen LogP contribution in [0.25, 0.3) is 0 Å². The molecular formula is C21H21N3O3. The van der Waals surface area contributed by atoms with Crippen LogP contribution in [0.15, 0.2) is 42.5 Å². The first-order valence-electron chi connectivity index (χ1n) is 8.77. The minimum Gasteiger partial charge on any atom is -0.496 e. The lowest BCUT2D eigenvalue weighted by molar-refractivity contribution is 0.0535. The molecule has 0 unspecified atom stereocenters. The van der Waals surface area contributed by atoms with Crippen LogP contribution >= 0.6 is 0 Å². The van der Waals surface area contributed by atoms with Gasteiger partial charge in [0.2, 0.25) is 0 Å². The van der Waals surface area contributed by atoms with E-state index in [0.29, 0.717) is 42.9 Å². The number of benzene rings is 2. The van der Waals surface area contributed by atoms with E-state index in [4.69, 9.17) is 10.00 Å². The molecule has 1 aliphatic heterocycles. The Labute approximate surface area is 158 Å². The van der Waals surface area contributed by atoms with E-state index >= 15 is 0 Å². The van der Waals surface area contributed by atoms with Crippen molar-refractivity contribution in [3.8, 4) is 11.8 Å². The number of hydrogen-bond acceptors (Lipinski definition) is 4. The van der Waals surface area contributed by atoms with Crippen LogP contribution in [0.4, 0.5) is 0 Å². The number of nitrogens with zero attached hydrogens (tertiary/aromatic N) is 3. The van der Waals surface area contributed by atoms with Crippen molar-refractivity contribution in [2.75, 3.05) is 33.3 Å². The van der Waals surface area contributed by atoms with E-state index < -0.39 is 0 Å². The lowest BCUT2D eigenvalue weighted by Gasteiger charge is -2.35. The molecule has 0 saturated carbocycles. The fraction of sp³-hybridized carbons (Fsp3) is 0.286. The van der Waals surface area contributed by atoms with E-state index in [1.807, 2.05) is 19.1 Å². The van der Waals surface area contributed by atoms with Gasteiger partial charge < -0.3 is 14.5 Å². The van der Waals surface area contributed by atoms with Gasteiger partial charge in [-0.2, -0.15) is 5.26 Å². The summed E-state index contributed by atoms with van der Waals surface area (Å²) in [5.41, 5.74) is 2.49. The number of piperazine rings is 1. The largest absolute Gasteiger partial charge is 0.496 e. The first-order chi connectivity index (χ1) is 13.0. The Hall–Kier alpha value is -3.33. The number of carbonyl (C=O) groups excluding carboxylic acids is 2. The minimum atomic E-state index is -0.112. The topological polar surface area (TPSA) is 73.6 Å². The quantitative estimate of drug-likeness (QED) is 0.840. The highest BCUT2D eigenvalue weighted by atomic mass is 16.5. The van der Waals surface area contributed by atoms with Crippen molar-refractivity contribution < 1.29 is 14.3 Å². The first-order valence-corrected chi connectivity index (χ1v) is 8.77. The van der Waals surface area contributed by atoms with Crippen LogP contribution in [0.3, 0.4) is 0 Å². The van der Waals surface area contributed by atoms with Gasteiger partial charge in [-0.25, -0.2) is 0 Å². The van der Waals surface area contributed by atoms with Gasteiger partial charge in [0.1, 0.15) is 5.75 Å². The van der Waals surface area contributed by atoms with Gasteiger partial charge in [0.05, 0.1) is 18.7 Å². The van der Waals surface area contributed by atoms with Crippen molar-refractivity contribution in [3.05, 3.63) is 64.7 Å². The fourth-order valence-electron chi connectivity index (χ4n) is 3.21. The third kappa shape index (κ3) is 3.93. The highest BCUT2D eigenvalue weighted by molar-refractivity contribution is 5.96. The number of rotatable bonds is 3. The predicted molar refractivity (Wildman–Crippen MR) is 101 cm³/mol. The molecule has 2 aromatic carbocycles. The van der Waals surface area contributed by atoms with Crippen LogP contribution < -0.4 is 4.74 Å². The van der Waals surface area contributed by atoms with E-state index in [-0.39, 0.29) is 11.8 Å². The maximum Gasteiger partial charge on any atom is 0.254 e. The van der Waals surface area contributed by atoms with E-state index in [9.17, 15) is 9.59 Å². The summed E-state index contributed by atoms with van der Waals surface area (Å²) in [6, 6.07) is 14.1. The normalized spacial score (nSPS) is 13.8. The number of ether oxygens (including phenoxy) is 1. The average molecular weight is 363 g/mol. The molecule has 27 heavy (non-hydrogen) atoms. The Kier molecular flexibility index (Phi) is 5.41. The van der Waals surface area contributed by atoms with Gasteiger partial charge in [-0.3, -0.25) is 9.59 Å². The molecule has 6 nitrogen and oxygen atoms in total. The highest BCUT2D eigenvalue weighted by Crippen LogP contribution is 2.20. The first kappa shape index (κ1) is 18.5. The summed E-state index contributed by atoms with van der Waals surface area (Å²) in [4.78, 5) is 28.8. The highest BCUT2D eigenvalue weighted by Gasteiger charge is 2.25. The van der Waals surface area contributed by atoms with Gasteiger partial charge in [0.25, 0.3) is 11.8 Å². The number of hydrogen-bond donors (Lipinski definition) is 0. The molecule has 6 heteroatoms. The van der Waals surface area contributed by atoms with Crippen molar-refractivity contribution in [3.63, 3.8) is 0 Å². The molecule has 0 aliphatic carbocycles. The molecule has 0 spiro atoms. The Morgan fingerprint density at radius 1 is 0.963 bits per heavy atom. The second-order valence-corrected chi connectivity index (χ2v) is 6.46. The van der Waals surface area contributed by atoms with Crippen LogP contribution in [0.2, 0.25) is 0 Å². The maximum absolute atomic E-state index is 12.7. The average Bonchev–Trinajstić information content (AvgIpc) is 2.72. The van der Waals surface area contributed by atoms with Gasteiger partial charge in [0, 0.05) is 37.3 Å². The van der Waals surface area contributed by atoms with Crippen molar-refractivity contribution in [2.24, 2.45) is 0 Å². The molecular weight excluding hydrogens is 342 g/mol. The van der Waals surface area contributed by atoms with Gasteiger partial charge >= 0.3 is 0 Å². The number of nitriles is 1. The predicted octanol–water partition coefficient (Wildman–Crippen LogP) is 2.47. The van der Waals surface area contributed by atoms with E-state index in [2.05, 4.69) is 0 Å². The second-order valence-electron chi connectivity index (χ2n) is 6.46. The summed E-state index contributed by atoms with van der Waals surface area (Å²) in [7, 11) is 1.60. The summed E-state index contributed by atoms with van der Waals surface area (Å²) in [5, 5.41) is 8.98. The Balaban J connectivity index is 1.64. The molecule has 0 radical (unpaired) electrons. The zero-order chi connectivity index (χ0) is 19.4. The third-order valence-corrected chi connectivity index (χ3v) is 4.73. The fourth-order valence-corrected chi connectivity index (χ4v) is 3.21. The van der Waals surface area contributed by atoms with Crippen molar-refractivity contribution in [1.29, 1.82) is 5.26 Å². The molecule has 0 N–H and O–H groups in total. The van der Waals surface area contributed by atoms with Crippen LogP contribution in [-0.4, -0.2) is 54.9 Å². The summed E-state index contributed by atoms with van der Waals surface area (Å²) >= 11 is 0. The molecule has 1 fully saturated rings. The van der Waals surface area contributed by atoms with Crippen LogP contribution in [0, 0.1) is 18.3 Å². The summed E-state index contributed by atoms with van der Waals surface area (Å²) < 4.78 is 5.23. The minimum absolute atomic E-state index is 0.0423. The number of aryl methyl sites for hydroxylation is 1. The smallest absolute Gasteiger partial charge is 0.254 e. The van der Waals surface area contributed by atoms with Crippen LogP contribution in [0.5, 0.6) is 5.75 Å². The molecule has 0 bridgehead atoms. The lowest BCUT2D eigenvalue weighted by atomic mass is 10.1. The Morgan fingerprint density at radius 3 is 2.07 bits per heavy atom. The monoisotopic (exact) mass is 363 g/mol. The number of amides is 2. The van der Waals surface area contributed by atoms with Crippen molar-refractivity contribution in [1.82, 2.24) is 9.80 Å². The van der Waals surface area contributed by atoms with Crippen LogP contribution in [-0.2, 0) is 0 Å². The van der Waals surface area contributed by atoms with Crippen molar-refractivity contribution in [2.45, 2.75) is 6.92 Å². The SMILES string of the molecule is COc1ccc(C(=O)N2CCN(C(=O)c3cccc(C#N)c3)CC2)cc1C. The molecule has 2 aromatic rings. The summed E-state index contributed by atoms with van der Waals surface area (Å²) in [5.74, 6) is 0.598. The van der Waals surface area contributed by atoms with Gasteiger partial charge in [-0.1, -0.05) is 6.07 Å². The van der Waals surface area contributed by atoms with Gasteiger partial charge in [-0.15, -0.1) is 0 Å². The van der Waals surface area contributed by atoms with E-state index in [1.165, 1.54) is 0 Å². The molecule has 1 aliphatic rings. The molecule has 2 amide bonds. The third-order valence-electron chi connectivity index (χ3n) is 4.73. The molecule has 1 heterocycles. The van der Waals surface area contributed by atoms with Crippen LogP contribution in [0.1, 0.15) is 31.8 Å².